The molecule has 0 unspecified atom stereocenters. The minimum Gasteiger partial charge on any atom is -0.478 e. The van der Waals surface area contributed by atoms with Crippen LogP contribution in [-0.2, 0) is 16.1 Å². The molecule has 20 heavy (non-hydrogen) atoms. The Morgan fingerprint density at radius 3 is 2.60 bits per heavy atom. The van der Waals surface area contributed by atoms with Gasteiger partial charge in [0.25, 0.3) is 0 Å². The van der Waals surface area contributed by atoms with E-state index in [0.717, 1.165) is 10.9 Å². The number of carbonyl (C=O) groups is 2. The summed E-state index contributed by atoms with van der Waals surface area (Å²) in [5, 5.41) is 9.99. The van der Waals surface area contributed by atoms with Crippen LogP contribution in [0.2, 0.25) is 0 Å². The Bertz CT molecular complexity index is 670. The summed E-state index contributed by atoms with van der Waals surface area (Å²) in [6.07, 6.45) is 1.85. The van der Waals surface area contributed by atoms with Crippen LogP contribution in [0.1, 0.15) is 24.2 Å². The van der Waals surface area contributed by atoms with Crippen molar-refractivity contribution in [2.24, 2.45) is 5.41 Å². The van der Waals surface area contributed by atoms with E-state index in [0.29, 0.717) is 6.54 Å². The molecule has 0 saturated heterocycles. The predicted molar refractivity (Wildman–Crippen MR) is 74.7 cm³/mol. The van der Waals surface area contributed by atoms with Crippen molar-refractivity contribution in [3.63, 3.8) is 0 Å². The second-order valence-electron chi connectivity index (χ2n) is 5.40. The average Bonchev–Trinajstić information content (AvgIpc) is 2.79. The Labute approximate surface area is 116 Å². The van der Waals surface area contributed by atoms with Gasteiger partial charge in [0.1, 0.15) is 0 Å². The summed E-state index contributed by atoms with van der Waals surface area (Å²) in [6.45, 7) is 4.02. The third kappa shape index (κ3) is 2.52. The highest BCUT2D eigenvalue weighted by atomic mass is 16.5. The van der Waals surface area contributed by atoms with E-state index in [1.807, 2.05) is 16.8 Å². The van der Waals surface area contributed by atoms with Gasteiger partial charge in [0.2, 0.25) is 0 Å². The standard InChI is InChI=1S/C15H17NO4/c1-15(2,14(19)20-3)9-16-7-6-10-4-5-11(13(17)18)8-12(10)16/h4-8H,9H2,1-3H3,(H,17,18). The lowest BCUT2D eigenvalue weighted by Gasteiger charge is -2.22. The first kappa shape index (κ1) is 14.1. The van der Waals surface area contributed by atoms with E-state index in [1.165, 1.54) is 7.11 Å². The third-order valence-electron chi connectivity index (χ3n) is 3.32. The first-order chi connectivity index (χ1) is 9.35. The molecule has 1 aromatic carbocycles. The van der Waals surface area contributed by atoms with Gasteiger partial charge in [-0.05, 0) is 37.4 Å². The number of carboxylic acid groups (broad SMARTS) is 1. The molecule has 1 N–H and O–H groups in total. The van der Waals surface area contributed by atoms with E-state index in [1.54, 1.807) is 32.0 Å². The molecule has 2 rings (SSSR count). The van der Waals surface area contributed by atoms with E-state index in [4.69, 9.17) is 9.84 Å². The highest BCUT2D eigenvalue weighted by Gasteiger charge is 2.29. The van der Waals surface area contributed by atoms with Gasteiger partial charge in [-0.15, -0.1) is 0 Å². The maximum Gasteiger partial charge on any atom is 0.335 e. The normalized spacial score (nSPS) is 11.6. The number of benzene rings is 1. The zero-order valence-corrected chi connectivity index (χ0v) is 11.7. The Hall–Kier alpha value is -2.30. The summed E-state index contributed by atoms with van der Waals surface area (Å²) < 4.78 is 6.67. The number of nitrogens with zero attached hydrogens (tertiary/aromatic N) is 1. The van der Waals surface area contributed by atoms with Gasteiger partial charge in [-0.1, -0.05) is 6.07 Å². The highest BCUT2D eigenvalue weighted by molar-refractivity contribution is 5.93. The van der Waals surface area contributed by atoms with Gasteiger partial charge in [-0.3, -0.25) is 4.79 Å². The largest absolute Gasteiger partial charge is 0.478 e. The van der Waals surface area contributed by atoms with Crippen LogP contribution in [0.4, 0.5) is 0 Å². The lowest BCUT2D eigenvalue weighted by molar-refractivity contribution is -0.151. The number of esters is 1. The summed E-state index contributed by atoms with van der Waals surface area (Å²) in [5.41, 5.74) is 0.343. The first-order valence-electron chi connectivity index (χ1n) is 6.26. The number of rotatable bonds is 4. The van der Waals surface area contributed by atoms with Gasteiger partial charge in [0.15, 0.2) is 0 Å². The van der Waals surface area contributed by atoms with Crippen LogP contribution in [-0.4, -0.2) is 28.7 Å². The molecule has 1 heterocycles. The monoisotopic (exact) mass is 275 g/mol. The van der Waals surface area contributed by atoms with Crippen LogP contribution >= 0.6 is 0 Å². The fourth-order valence-electron chi connectivity index (χ4n) is 2.22. The molecule has 0 fully saturated rings. The summed E-state index contributed by atoms with van der Waals surface area (Å²) in [5.74, 6) is -1.26. The fourth-order valence-corrected chi connectivity index (χ4v) is 2.22. The zero-order valence-electron chi connectivity index (χ0n) is 11.7. The predicted octanol–water partition coefficient (Wildman–Crippen LogP) is 2.54. The molecule has 2 aromatic rings. The van der Waals surface area contributed by atoms with E-state index in [9.17, 15) is 9.59 Å². The number of carboxylic acids is 1. The van der Waals surface area contributed by atoms with Gasteiger partial charge in [0.05, 0.1) is 18.1 Å². The molecule has 0 aliphatic heterocycles. The molecule has 5 heteroatoms. The van der Waals surface area contributed by atoms with Crippen molar-refractivity contribution in [3.8, 4) is 0 Å². The van der Waals surface area contributed by atoms with Crippen LogP contribution in [0.3, 0.4) is 0 Å². The van der Waals surface area contributed by atoms with Crippen LogP contribution in [0.25, 0.3) is 10.9 Å². The summed E-state index contributed by atoms with van der Waals surface area (Å²) >= 11 is 0. The minimum absolute atomic E-state index is 0.230. The smallest absolute Gasteiger partial charge is 0.335 e. The molecule has 0 radical (unpaired) electrons. The maximum atomic E-state index is 11.7. The fraction of sp³-hybridized carbons (Fsp3) is 0.333. The summed E-state index contributed by atoms with van der Waals surface area (Å²) in [6, 6.07) is 6.85. The van der Waals surface area contributed by atoms with Gasteiger partial charge in [0, 0.05) is 18.3 Å². The number of methoxy groups -OCH3 is 1. The lowest BCUT2D eigenvalue weighted by Crippen LogP contribution is -2.30. The lowest BCUT2D eigenvalue weighted by atomic mass is 9.93. The van der Waals surface area contributed by atoms with E-state index in [2.05, 4.69) is 0 Å². The van der Waals surface area contributed by atoms with Gasteiger partial charge in [-0.2, -0.15) is 0 Å². The van der Waals surface area contributed by atoms with Crippen molar-refractivity contribution in [2.75, 3.05) is 7.11 Å². The van der Waals surface area contributed by atoms with Crippen molar-refractivity contribution >= 4 is 22.8 Å². The first-order valence-corrected chi connectivity index (χ1v) is 6.26. The molecular formula is C15H17NO4. The van der Waals surface area contributed by atoms with Crippen LogP contribution in [0.5, 0.6) is 0 Å². The Morgan fingerprint density at radius 1 is 1.30 bits per heavy atom. The van der Waals surface area contributed by atoms with Crippen molar-refractivity contribution in [1.82, 2.24) is 4.57 Å². The highest BCUT2D eigenvalue weighted by Crippen LogP contribution is 2.25. The van der Waals surface area contributed by atoms with Crippen molar-refractivity contribution in [1.29, 1.82) is 0 Å². The molecule has 1 aromatic heterocycles. The topological polar surface area (TPSA) is 68.5 Å². The average molecular weight is 275 g/mol. The van der Waals surface area contributed by atoms with E-state index < -0.39 is 11.4 Å². The third-order valence-corrected chi connectivity index (χ3v) is 3.32. The van der Waals surface area contributed by atoms with E-state index in [-0.39, 0.29) is 11.5 Å². The molecule has 106 valence electrons. The Morgan fingerprint density at radius 2 is 2.00 bits per heavy atom. The molecule has 0 spiro atoms. The molecule has 5 nitrogen and oxygen atoms in total. The number of carbonyl (C=O) groups excluding carboxylic acids is 1. The number of hydrogen-bond donors (Lipinski definition) is 1. The van der Waals surface area contributed by atoms with Crippen molar-refractivity contribution in [2.45, 2.75) is 20.4 Å². The van der Waals surface area contributed by atoms with Crippen molar-refractivity contribution < 1.29 is 19.4 Å². The Kier molecular flexibility index (Phi) is 3.53. The molecule has 0 saturated carbocycles. The summed E-state index contributed by atoms with van der Waals surface area (Å²) in [7, 11) is 1.36. The van der Waals surface area contributed by atoms with Crippen LogP contribution in [0.15, 0.2) is 30.5 Å². The molecular weight excluding hydrogens is 258 g/mol. The van der Waals surface area contributed by atoms with Gasteiger partial charge >= 0.3 is 11.9 Å². The Balaban J connectivity index is 2.42. The second-order valence-corrected chi connectivity index (χ2v) is 5.40. The molecule has 0 aliphatic carbocycles. The van der Waals surface area contributed by atoms with Crippen molar-refractivity contribution in [3.05, 3.63) is 36.0 Å². The minimum atomic E-state index is -0.966. The van der Waals surface area contributed by atoms with Crippen LogP contribution in [0, 0.1) is 5.41 Å². The number of aromatic carboxylic acids is 1. The quantitative estimate of drug-likeness (QED) is 0.871. The number of fused-ring (bicyclic) bond motifs is 1. The van der Waals surface area contributed by atoms with Gasteiger partial charge in [-0.25, -0.2) is 4.79 Å². The van der Waals surface area contributed by atoms with E-state index >= 15 is 0 Å². The second kappa shape index (κ2) is 5.00. The number of ether oxygens (including phenoxy) is 1. The number of aromatic nitrogens is 1. The molecule has 0 amide bonds. The maximum absolute atomic E-state index is 11.7. The SMILES string of the molecule is COC(=O)C(C)(C)Cn1ccc2ccc(C(=O)O)cc21. The zero-order chi connectivity index (χ0) is 14.9. The molecule has 0 aliphatic rings. The molecule has 0 atom stereocenters. The molecule has 0 bridgehead atoms. The summed E-state index contributed by atoms with van der Waals surface area (Å²) in [4.78, 5) is 22.8. The van der Waals surface area contributed by atoms with Crippen LogP contribution < -0.4 is 0 Å². The van der Waals surface area contributed by atoms with Gasteiger partial charge < -0.3 is 14.4 Å². The number of hydrogen-bond acceptors (Lipinski definition) is 3.